The molecule has 0 radical (unpaired) electrons. The second kappa shape index (κ2) is 4.06. The molecule has 2 heterocycles. The van der Waals surface area contributed by atoms with E-state index in [9.17, 15) is 5.11 Å². The Kier molecular flexibility index (Phi) is 2.79. The second-order valence-electron chi connectivity index (χ2n) is 3.64. The fourth-order valence-electron chi connectivity index (χ4n) is 1.61. The van der Waals surface area contributed by atoms with Gasteiger partial charge in [0, 0.05) is 13.2 Å². The van der Waals surface area contributed by atoms with Crippen LogP contribution < -0.4 is 0 Å². The van der Waals surface area contributed by atoms with Gasteiger partial charge in [-0.25, -0.2) is 4.68 Å². The number of aliphatic hydroxyl groups is 1. The van der Waals surface area contributed by atoms with Gasteiger partial charge in [-0.3, -0.25) is 0 Å². The summed E-state index contributed by atoms with van der Waals surface area (Å²) >= 11 is 0. The first-order valence-corrected chi connectivity index (χ1v) is 4.95. The summed E-state index contributed by atoms with van der Waals surface area (Å²) in [6.45, 7) is 3.27. The first-order chi connectivity index (χ1) is 6.77. The molecule has 0 aromatic carbocycles. The first-order valence-electron chi connectivity index (χ1n) is 4.95. The third-order valence-corrected chi connectivity index (χ3v) is 2.52. The molecule has 0 saturated carbocycles. The lowest BCUT2D eigenvalue weighted by atomic mass is 10.1. The minimum Gasteiger partial charge on any atom is -0.387 e. The molecule has 5 heteroatoms. The van der Waals surface area contributed by atoms with Crippen LogP contribution in [-0.4, -0.2) is 33.3 Å². The van der Waals surface area contributed by atoms with Crippen LogP contribution in [0, 0.1) is 0 Å². The molecule has 0 bridgehead atoms. The van der Waals surface area contributed by atoms with Gasteiger partial charge in [0.15, 0.2) is 0 Å². The van der Waals surface area contributed by atoms with E-state index in [1.54, 1.807) is 6.92 Å². The fraction of sp³-hybridized carbons (Fsp3) is 0.778. The fourth-order valence-corrected chi connectivity index (χ4v) is 1.61. The lowest BCUT2D eigenvalue weighted by molar-refractivity contribution is 0.0657. The van der Waals surface area contributed by atoms with Crippen molar-refractivity contribution in [3.8, 4) is 0 Å². The van der Waals surface area contributed by atoms with Crippen LogP contribution in [0.2, 0.25) is 0 Å². The summed E-state index contributed by atoms with van der Waals surface area (Å²) in [6, 6.07) is 0.378. The van der Waals surface area contributed by atoms with Gasteiger partial charge in [-0.1, -0.05) is 5.21 Å². The molecule has 1 aromatic rings. The van der Waals surface area contributed by atoms with E-state index in [0.29, 0.717) is 11.7 Å². The predicted octanol–water partition coefficient (Wildman–Crippen LogP) is 0.683. The van der Waals surface area contributed by atoms with Crippen molar-refractivity contribution in [1.29, 1.82) is 0 Å². The zero-order chi connectivity index (χ0) is 9.97. The molecule has 5 nitrogen and oxygen atoms in total. The van der Waals surface area contributed by atoms with Crippen LogP contribution in [0.5, 0.6) is 0 Å². The van der Waals surface area contributed by atoms with Crippen molar-refractivity contribution >= 4 is 0 Å². The Labute approximate surface area is 82.7 Å². The van der Waals surface area contributed by atoms with Crippen LogP contribution in [0.15, 0.2) is 6.20 Å². The highest BCUT2D eigenvalue weighted by Crippen LogP contribution is 2.20. The zero-order valence-electron chi connectivity index (χ0n) is 8.26. The molecule has 2 rings (SSSR count). The Balaban J connectivity index is 2.07. The third-order valence-electron chi connectivity index (χ3n) is 2.52. The normalized spacial score (nSPS) is 21.0. The molecule has 1 N–H and O–H groups in total. The van der Waals surface area contributed by atoms with Crippen LogP contribution in [0.4, 0.5) is 0 Å². The number of rotatable bonds is 2. The van der Waals surface area contributed by atoms with Crippen LogP contribution in [0.1, 0.15) is 37.6 Å². The summed E-state index contributed by atoms with van der Waals surface area (Å²) in [6.07, 6.45) is 3.23. The molecule has 1 atom stereocenters. The van der Waals surface area contributed by atoms with Gasteiger partial charge in [-0.15, -0.1) is 5.10 Å². The maximum Gasteiger partial charge on any atom is 0.111 e. The molecule has 78 valence electrons. The number of aliphatic hydroxyl groups excluding tert-OH is 1. The van der Waals surface area contributed by atoms with Crippen molar-refractivity contribution in [1.82, 2.24) is 15.0 Å². The highest BCUT2D eigenvalue weighted by molar-refractivity contribution is 4.96. The highest BCUT2D eigenvalue weighted by Gasteiger charge is 2.17. The molecule has 14 heavy (non-hydrogen) atoms. The molecule has 0 amide bonds. The Morgan fingerprint density at radius 1 is 1.57 bits per heavy atom. The van der Waals surface area contributed by atoms with Gasteiger partial charge < -0.3 is 9.84 Å². The van der Waals surface area contributed by atoms with E-state index in [0.717, 1.165) is 26.1 Å². The number of nitrogens with zero attached hydrogens (tertiary/aromatic N) is 3. The Morgan fingerprint density at radius 3 is 2.86 bits per heavy atom. The maximum atomic E-state index is 9.29. The minimum atomic E-state index is -0.538. The molecular formula is C9H15N3O2. The standard InChI is InChI=1S/C9H15N3O2/c1-7(13)9-6-12(11-10-9)8-2-4-14-5-3-8/h6-8,13H,2-5H2,1H3/t7-/m1/s1. The lowest BCUT2D eigenvalue weighted by Crippen LogP contribution is -2.20. The van der Waals surface area contributed by atoms with Crippen molar-refractivity contribution < 1.29 is 9.84 Å². The molecule has 0 unspecified atom stereocenters. The van der Waals surface area contributed by atoms with Crippen LogP contribution >= 0.6 is 0 Å². The van der Waals surface area contributed by atoms with Crippen LogP contribution in [-0.2, 0) is 4.74 Å². The molecule has 1 saturated heterocycles. The number of hydrogen-bond donors (Lipinski definition) is 1. The first kappa shape index (κ1) is 9.61. The van der Waals surface area contributed by atoms with Gasteiger partial charge in [0.1, 0.15) is 5.69 Å². The molecule has 0 spiro atoms. The van der Waals surface area contributed by atoms with E-state index in [-0.39, 0.29) is 0 Å². The van der Waals surface area contributed by atoms with Crippen molar-refractivity contribution in [2.75, 3.05) is 13.2 Å². The average molecular weight is 197 g/mol. The number of aromatic nitrogens is 3. The highest BCUT2D eigenvalue weighted by atomic mass is 16.5. The smallest absolute Gasteiger partial charge is 0.111 e. The monoisotopic (exact) mass is 197 g/mol. The Hall–Kier alpha value is -0.940. The third kappa shape index (κ3) is 1.93. The van der Waals surface area contributed by atoms with Crippen molar-refractivity contribution in [2.45, 2.75) is 31.9 Å². The van der Waals surface area contributed by atoms with Gasteiger partial charge in [0.2, 0.25) is 0 Å². The van der Waals surface area contributed by atoms with Gasteiger partial charge in [-0.05, 0) is 19.8 Å². The molecule has 1 aliphatic rings. The van der Waals surface area contributed by atoms with E-state index in [1.165, 1.54) is 0 Å². The van der Waals surface area contributed by atoms with Crippen molar-refractivity contribution in [3.05, 3.63) is 11.9 Å². The van der Waals surface area contributed by atoms with E-state index in [1.807, 2.05) is 10.9 Å². The summed E-state index contributed by atoms with van der Waals surface area (Å²) in [4.78, 5) is 0. The van der Waals surface area contributed by atoms with Crippen LogP contribution in [0.25, 0.3) is 0 Å². The van der Waals surface area contributed by atoms with Crippen LogP contribution in [0.3, 0.4) is 0 Å². The molecule has 1 fully saturated rings. The van der Waals surface area contributed by atoms with Crippen molar-refractivity contribution in [3.63, 3.8) is 0 Å². The topological polar surface area (TPSA) is 60.2 Å². The largest absolute Gasteiger partial charge is 0.387 e. The zero-order valence-corrected chi connectivity index (χ0v) is 8.26. The quantitative estimate of drug-likeness (QED) is 0.757. The molecular weight excluding hydrogens is 182 g/mol. The Bertz CT molecular complexity index is 292. The summed E-state index contributed by atoms with van der Waals surface area (Å²) in [5.74, 6) is 0. The van der Waals surface area contributed by atoms with Gasteiger partial charge in [0.05, 0.1) is 18.3 Å². The van der Waals surface area contributed by atoms with Crippen molar-refractivity contribution in [2.24, 2.45) is 0 Å². The Morgan fingerprint density at radius 2 is 2.29 bits per heavy atom. The van der Waals surface area contributed by atoms with E-state index in [2.05, 4.69) is 10.3 Å². The lowest BCUT2D eigenvalue weighted by Gasteiger charge is -2.21. The predicted molar refractivity (Wildman–Crippen MR) is 49.7 cm³/mol. The second-order valence-corrected chi connectivity index (χ2v) is 3.64. The van der Waals surface area contributed by atoms with E-state index < -0.39 is 6.10 Å². The number of ether oxygens (including phenoxy) is 1. The van der Waals surface area contributed by atoms with Gasteiger partial charge in [0.25, 0.3) is 0 Å². The summed E-state index contributed by atoms with van der Waals surface area (Å²) in [5.41, 5.74) is 0.636. The van der Waals surface area contributed by atoms with E-state index in [4.69, 9.17) is 4.74 Å². The average Bonchev–Trinajstić information content (AvgIpc) is 2.68. The molecule has 0 aliphatic carbocycles. The SMILES string of the molecule is C[C@@H](O)c1cn(C2CCOCC2)nn1. The summed E-state index contributed by atoms with van der Waals surface area (Å²) < 4.78 is 7.10. The summed E-state index contributed by atoms with van der Waals surface area (Å²) in [7, 11) is 0. The molecule has 1 aromatic heterocycles. The van der Waals surface area contributed by atoms with Gasteiger partial charge >= 0.3 is 0 Å². The molecule has 1 aliphatic heterocycles. The summed E-state index contributed by atoms with van der Waals surface area (Å²) in [5, 5.41) is 17.2. The van der Waals surface area contributed by atoms with Gasteiger partial charge in [-0.2, -0.15) is 0 Å². The minimum absolute atomic E-state index is 0.378. The van der Waals surface area contributed by atoms with E-state index >= 15 is 0 Å². The number of hydrogen-bond acceptors (Lipinski definition) is 4. The maximum absolute atomic E-state index is 9.29.